The third kappa shape index (κ3) is 35.3. The Hall–Kier alpha value is -10.1. The van der Waals surface area contributed by atoms with E-state index in [1.807, 2.05) is 12.1 Å². The van der Waals surface area contributed by atoms with Crippen LogP contribution >= 0.6 is 0 Å². The van der Waals surface area contributed by atoms with E-state index in [0.29, 0.717) is 91.7 Å². The molecule has 9 nitrogen and oxygen atoms in total. The number of ether oxygens (including phenoxy) is 6. The molecule has 1 heterocycles. The van der Waals surface area contributed by atoms with Gasteiger partial charge in [0, 0.05) is 82.4 Å². The molecule has 133 heavy (non-hydrogen) atoms. The summed E-state index contributed by atoms with van der Waals surface area (Å²) in [5, 5.41) is 21.6. The predicted molar refractivity (Wildman–Crippen MR) is 570 cm³/mol. The van der Waals surface area contributed by atoms with Gasteiger partial charge in [-0.05, 0) is 145 Å². The fourth-order valence-corrected chi connectivity index (χ4v) is 26.9. The van der Waals surface area contributed by atoms with E-state index in [2.05, 4.69) is 287 Å². The Bertz CT molecular complexity index is 5050. The molecule has 710 valence electrons. The van der Waals surface area contributed by atoms with Crippen LogP contribution in [0.4, 0.5) is 0 Å². The minimum Gasteiger partial charge on any atom is -0.492 e. The van der Waals surface area contributed by atoms with Gasteiger partial charge in [0.1, 0.15) is 50.6 Å². The van der Waals surface area contributed by atoms with Gasteiger partial charge in [0.15, 0.2) is 0 Å². The molecule has 0 aliphatic rings. The molecular weight excluding hydrogens is 1660 g/mol. The van der Waals surface area contributed by atoms with Crippen LogP contribution in [0.15, 0.2) is 121 Å². The molecule has 0 saturated carbocycles. The minimum absolute atomic E-state index is 0.399. The second-order valence-electron chi connectivity index (χ2n) is 38.3. The second-order valence-corrected chi connectivity index (χ2v) is 48.6. The van der Waals surface area contributed by atoms with Crippen LogP contribution in [0.5, 0.6) is 34.5 Å². The zero-order valence-corrected chi connectivity index (χ0v) is 86.7. The molecule has 8 aromatic rings. The van der Waals surface area contributed by atoms with E-state index in [1.165, 1.54) is 154 Å². The average Bonchev–Trinajstić information content (AvgIpc) is 1.59. The highest BCUT2D eigenvalue weighted by Crippen LogP contribution is 2.42. The molecule has 0 unspecified atom stereocenters. The summed E-state index contributed by atoms with van der Waals surface area (Å²) < 4.78 is 43.0. The summed E-state index contributed by atoms with van der Waals surface area (Å²) in [6.07, 6.45) is 50.6. The first-order valence-electron chi connectivity index (χ1n) is 52.4. The zero-order chi connectivity index (χ0) is 95.1. The highest BCUT2D eigenvalue weighted by molar-refractivity contribution is 6.90. The topological polar surface area (TPSA) is 108 Å². The lowest BCUT2D eigenvalue weighted by Crippen LogP contribution is -2.40. The Kier molecular flexibility index (Phi) is 50.2. The lowest BCUT2D eigenvalue weighted by atomic mass is 10.0. The van der Waals surface area contributed by atoms with Crippen molar-refractivity contribution in [3.05, 3.63) is 171 Å². The molecule has 0 bridgehead atoms. The Morgan fingerprint density at radius 1 is 0.278 bits per heavy atom. The normalized spacial score (nSPS) is 11.3. The van der Waals surface area contributed by atoms with Crippen LogP contribution in [-0.2, 0) is 0 Å². The highest BCUT2D eigenvalue weighted by Gasteiger charge is 2.40. The van der Waals surface area contributed by atoms with Crippen molar-refractivity contribution in [3.8, 4) is 134 Å². The Balaban J connectivity index is 1.29. The minimum atomic E-state index is -2.24. The van der Waals surface area contributed by atoms with Gasteiger partial charge in [-0.15, -0.1) is 17.5 Å². The van der Waals surface area contributed by atoms with Crippen molar-refractivity contribution in [2.75, 3.05) is 39.6 Å². The smallest absolute Gasteiger partial charge is 0.143 e. The van der Waals surface area contributed by atoms with Crippen LogP contribution in [0.2, 0.25) is 34.3 Å². The van der Waals surface area contributed by atoms with Crippen molar-refractivity contribution >= 4 is 38.0 Å². The number of rotatable bonds is 60. The van der Waals surface area contributed by atoms with Crippen LogP contribution in [0, 0.1) is 93.5 Å². The molecule has 0 aliphatic heterocycles. The van der Waals surface area contributed by atoms with Crippen LogP contribution in [0.25, 0.3) is 38.6 Å². The summed E-state index contributed by atoms with van der Waals surface area (Å²) in [6, 6.07) is 49.9. The number of terminal acetylenes is 1. The molecule has 7 aromatic carbocycles. The average molecular weight is 1820 g/mol. The molecule has 0 amide bonds. The number of fused-ring (bicyclic) bond motifs is 3. The lowest BCUT2D eigenvalue weighted by molar-refractivity contribution is 0.295. The monoisotopic (exact) mass is 1820 g/mol. The number of aromatic nitrogens is 1. The van der Waals surface area contributed by atoms with Gasteiger partial charge in [-0.3, -0.25) is 0 Å². The summed E-state index contributed by atoms with van der Waals surface area (Å²) in [5.41, 5.74) is 22.0. The van der Waals surface area contributed by atoms with E-state index in [0.717, 1.165) is 208 Å². The zero-order valence-electron chi connectivity index (χ0n) is 84.7. The number of nitriles is 2. The van der Waals surface area contributed by atoms with Crippen molar-refractivity contribution in [1.29, 1.82) is 10.5 Å². The number of benzene rings is 7. The number of hydrogen-bond acceptors (Lipinski definition) is 8. The standard InChI is InChI=1S/C122H163N3O6Si2/c1-16-23-29-35-41-49-79-126-117-92-107(118(91-104(117)22-7)127-80-50-42-36-30-24-17-2)66-59-101-57-64-105(65-58-101)106-69-71-112(72-70-106)125-115-89-102(60-67-108-93-121(130-83-53-45-39-33-27-20-5)110(95-119(108)128-81-51-43-37-31-25-18-3)75-87-132(97(8)9,98(10)11)85-55-47-77-123)62-73-113(115)114-74-63-103(90-116(114)125)61-68-109-94-122(131-84-54-46-40-34-28-21-6)111(96-120(109)129-82-52-44-38-32-26-19-4)76-88-133(99(12)13,100(14)15)86-56-48-78-124/h7,57-58,62-65,69-74,89-100H,16-21,23-56,79-86H2,1-6,8-15H3. The van der Waals surface area contributed by atoms with Gasteiger partial charge in [-0.1, -0.05) is 379 Å². The van der Waals surface area contributed by atoms with Gasteiger partial charge in [0.05, 0.1) is 96.2 Å². The summed E-state index contributed by atoms with van der Waals surface area (Å²) in [6.45, 7) is 35.7. The van der Waals surface area contributed by atoms with Gasteiger partial charge in [-0.25, -0.2) is 0 Å². The molecule has 0 fully saturated rings. The fourth-order valence-electron chi connectivity index (χ4n) is 18.3. The first kappa shape index (κ1) is 108. The first-order valence-corrected chi connectivity index (χ1v) is 57.1. The molecule has 0 atom stereocenters. The molecule has 0 saturated heterocycles. The molecule has 8 rings (SSSR count). The molecule has 0 radical (unpaired) electrons. The van der Waals surface area contributed by atoms with Crippen LogP contribution in [-0.4, -0.2) is 60.4 Å². The van der Waals surface area contributed by atoms with Gasteiger partial charge in [-0.2, -0.15) is 10.5 Å². The highest BCUT2D eigenvalue weighted by atomic mass is 28.3. The van der Waals surface area contributed by atoms with Gasteiger partial charge in [0.25, 0.3) is 0 Å². The summed E-state index contributed by atoms with van der Waals surface area (Å²) in [4.78, 5) is 0. The molecule has 0 aliphatic carbocycles. The van der Waals surface area contributed by atoms with Crippen LogP contribution < -0.4 is 28.4 Å². The van der Waals surface area contributed by atoms with E-state index in [1.54, 1.807) is 0 Å². The number of nitrogens with zero attached hydrogens (tertiary/aromatic N) is 3. The lowest BCUT2D eigenvalue weighted by Gasteiger charge is -2.34. The van der Waals surface area contributed by atoms with E-state index in [4.69, 9.17) is 34.8 Å². The van der Waals surface area contributed by atoms with Crippen molar-refractivity contribution in [2.24, 2.45) is 0 Å². The first-order chi connectivity index (χ1) is 64.9. The Labute approximate surface area is 809 Å². The molecule has 11 heteroatoms. The van der Waals surface area contributed by atoms with Crippen molar-refractivity contribution in [3.63, 3.8) is 0 Å². The summed E-state index contributed by atoms with van der Waals surface area (Å²) >= 11 is 0. The third-order valence-electron chi connectivity index (χ3n) is 26.8. The third-order valence-corrected chi connectivity index (χ3v) is 38.6. The number of hydrogen-bond donors (Lipinski definition) is 0. The van der Waals surface area contributed by atoms with Gasteiger partial charge >= 0.3 is 0 Å². The largest absolute Gasteiger partial charge is 0.492 e. The van der Waals surface area contributed by atoms with Crippen molar-refractivity contribution in [2.45, 2.75) is 388 Å². The van der Waals surface area contributed by atoms with E-state index < -0.39 is 16.1 Å². The van der Waals surface area contributed by atoms with E-state index in [9.17, 15) is 10.5 Å². The predicted octanol–water partition coefficient (Wildman–Crippen LogP) is 34.0. The number of unbranched alkanes of at least 4 members (excludes halogenated alkanes) is 32. The van der Waals surface area contributed by atoms with Gasteiger partial charge < -0.3 is 33.0 Å². The quantitative estimate of drug-likeness (QED) is 0.0211. The van der Waals surface area contributed by atoms with Gasteiger partial charge in [0.2, 0.25) is 0 Å². The maximum atomic E-state index is 9.72. The van der Waals surface area contributed by atoms with E-state index in [-0.39, 0.29) is 0 Å². The molecule has 1 aromatic heterocycles. The maximum absolute atomic E-state index is 9.72. The van der Waals surface area contributed by atoms with Crippen molar-refractivity contribution < 1.29 is 28.4 Å². The van der Waals surface area contributed by atoms with Crippen LogP contribution in [0.1, 0.15) is 404 Å². The Morgan fingerprint density at radius 2 is 0.526 bits per heavy atom. The summed E-state index contributed by atoms with van der Waals surface area (Å²) in [7, 11) is -4.48. The summed E-state index contributed by atoms with van der Waals surface area (Å²) in [5.74, 6) is 36.5. The molecule has 0 spiro atoms. The Morgan fingerprint density at radius 3 is 0.805 bits per heavy atom. The van der Waals surface area contributed by atoms with Crippen molar-refractivity contribution in [1.82, 2.24) is 4.57 Å². The molecular formula is C122H163N3O6Si2. The SMILES string of the molecule is C#Cc1cc(OCCCCCCCC)c(C#Cc2ccc(-c3ccc(-n4c5cc(C#Cc6cc(OCCCCCCCC)c(C#C[Si](CCCC#N)(C(C)C)C(C)C)cc6OCCCCCCCC)ccc5c5ccc(C#Cc6cc(OCCCCCCCC)c(C#C[Si](CCCC#N)(C(C)C)C(C)C)cc6OCCCCCCCC)cc54)cc3)cc2)cc1OCCCCCCCC. The van der Waals surface area contributed by atoms with Crippen LogP contribution in [0.3, 0.4) is 0 Å². The molecule has 0 N–H and O–H groups in total. The fraction of sp³-hybridized carbons (Fsp3) is 0.541. The second kappa shape index (κ2) is 61.7. The maximum Gasteiger partial charge on any atom is 0.143 e. The van der Waals surface area contributed by atoms with E-state index >= 15 is 0 Å².